The van der Waals surface area contributed by atoms with Gasteiger partial charge in [0, 0.05) is 29.9 Å². The Morgan fingerprint density at radius 1 is 1.02 bits per heavy atom. The van der Waals surface area contributed by atoms with Crippen LogP contribution < -0.4 is 11.3 Å². The van der Waals surface area contributed by atoms with Crippen molar-refractivity contribution >= 4 is 16.7 Å². The molecule has 216 valence electrons. The number of aromatic amines is 1. The van der Waals surface area contributed by atoms with Crippen LogP contribution in [-0.2, 0) is 29.7 Å². The minimum Gasteiger partial charge on any atom is -0.327 e. The number of aromatic nitrogens is 4. The van der Waals surface area contributed by atoms with Crippen molar-refractivity contribution in [2.75, 3.05) is 0 Å². The molecule has 10 heteroatoms. The third-order valence-electron chi connectivity index (χ3n) is 8.75. The van der Waals surface area contributed by atoms with Gasteiger partial charge in [-0.05, 0) is 73.2 Å². The second kappa shape index (κ2) is 10.5. The lowest BCUT2D eigenvalue weighted by Gasteiger charge is -2.33. The fourth-order valence-electron chi connectivity index (χ4n) is 6.33. The summed E-state index contributed by atoms with van der Waals surface area (Å²) in [7, 11) is 0. The zero-order valence-corrected chi connectivity index (χ0v) is 23.2. The molecule has 2 aliphatic rings. The summed E-state index contributed by atoms with van der Waals surface area (Å²) in [4.78, 5) is 38.1. The van der Waals surface area contributed by atoms with Crippen LogP contribution in [0.3, 0.4) is 0 Å². The molecule has 0 radical (unpaired) electrons. The van der Waals surface area contributed by atoms with Crippen LogP contribution in [0.4, 0.5) is 8.78 Å². The number of fused-ring (bicyclic) bond motifs is 2. The van der Waals surface area contributed by atoms with E-state index in [2.05, 4.69) is 20.2 Å². The number of pyridine rings is 2. The van der Waals surface area contributed by atoms with E-state index in [1.54, 1.807) is 24.4 Å². The van der Waals surface area contributed by atoms with Gasteiger partial charge in [-0.1, -0.05) is 24.3 Å². The van der Waals surface area contributed by atoms with Gasteiger partial charge in [0.1, 0.15) is 11.6 Å². The Labute approximate surface area is 245 Å². The molecule has 8 nitrogen and oxygen atoms in total. The van der Waals surface area contributed by atoms with E-state index in [1.165, 1.54) is 24.4 Å². The van der Waals surface area contributed by atoms with Crippen molar-refractivity contribution in [3.05, 3.63) is 123 Å². The van der Waals surface area contributed by atoms with Gasteiger partial charge in [0.2, 0.25) is 5.91 Å². The lowest BCUT2D eigenvalue weighted by atomic mass is 9.91. The molecular formula is C33H28F2N6O2. The van der Waals surface area contributed by atoms with Gasteiger partial charge in [0.15, 0.2) is 0 Å². The number of nitrogens with one attached hydrogen (secondary N) is 1. The van der Waals surface area contributed by atoms with Crippen LogP contribution in [0.25, 0.3) is 21.9 Å². The van der Waals surface area contributed by atoms with E-state index in [0.717, 1.165) is 29.7 Å². The predicted molar refractivity (Wildman–Crippen MR) is 157 cm³/mol. The maximum atomic E-state index is 14.6. The number of hydrogen-bond acceptors (Lipinski definition) is 6. The summed E-state index contributed by atoms with van der Waals surface area (Å²) in [5, 5.41) is 7.71. The molecule has 43 heavy (non-hydrogen) atoms. The highest BCUT2D eigenvalue weighted by Crippen LogP contribution is 2.52. The van der Waals surface area contributed by atoms with E-state index in [1.807, 2.05) is 29.2 Å². The number of nitrogens with zero attached hydrogens (tertiary/aromatic N) is 4. The van der Waals surface area contributed by atoms with Crippen molar-refractivity contribution < 1.29 is 13.6 Å². The normalized spacial score (nSPS) is 16.7. The van der Waals surface area contributed by atoms with Crippen LogP contribution in [0.1, 0.15) is 53.5 Å². The number of aryl methyl sites for hydroxylation is 1. The molecule has 1 amide bonds. The van der Waals surface area contributed by atoms with Gasteiger partial charge >= 0.3 is 0 Å². The molecular weight excluding hydrogens is 550 g/mol. The molecule has 2 aliphatic carbocycles. The van der Waals surface area contributed by atoms with Gasteiger partial charge in [-0.15, -0.1) is 0 Å². The highest BCUT2D eigenvalue weighted by atomic mass is 19.1. The van der Waals surface area contributed by atoms with Crippen molar-refractivity contribution in [2.45, 2.75) is 50.2 Å². The molecule has 3 aromatic heterocycles. The van der Waals surface area contributed by atoms with Gasteiger partial charge in [0.25, 0.3) is 5.56 Å². The number of rotatable bonds is 7. The number of nitrogens with two attached hydrogens (primary N) is 1. The van der Waals surface area contributed by atoms with Gasteiger partial charge < -0.3 is 10.6 Å². The summed E-state index contributed by atoms with van der Waals surface area (Å²) in [5.41, 5.74) is 8.96. The molecule has 2 aromatic carbocycles. The Hall–Kier alpha value is -4.83. The zero-order chi connectivity index (χ0) is 29.7. The Balaban J connectivity index is 1.26. The summed E-state index contributed by atoms with van der Waals surface area (Å²) in [6.45, 7) is 0.344. The van der Waals surface area contributed by atoms with Crippen LogP contribution >= 0.6 is 0 Å². The van der Waals surface area contributed by atoms with Gasteiger partial charge in [-0.2, -0.15) is 5.10 Å². The van der Waals surface area contributed by atoms with Crippen molar-refractivity contribution in [1.29, 1.82) is 0 Å². The number of benzene rings is 2. The summed E-state index contributed by atoms with van der Waals surface area (Å²) in [6.07, 6.45) is 6.02. The third-order valence-corrected chi connectivity index (χ3v) is 8.75. The number of hydrogen-bond donors (Lipinski definition) is 2. The number of carbonyl (C=O) groups excluding carboxylic acids is 1. The lowest BCUT2D eigenvalue weighted by molar-refractivity contribution is -0.137. The van der Waals surface area contributed by atoms with Crippen molar-refractivity contribution in [3.63, 3.8) is 0 Å². The number of H-pyrrole nitrogens is 1. The van der Waals surface area contributed by atoms with Crippen molar-refractivity contribution in [1.82, 2.24) is 25.1 Å². The fourth-order valence-corrected chi connectivity index (χ4v) is 6.33. The van der Waals surface area contributed by atoms with Gasteiger partial charge in [0.05, 0.1) is 46.0 Å². The molecule has 0 bridgehead atoms. The molecule has 1 fully saturated rings. The zero-order valence-electron chi connectivity index (χ0n) is 23.2. The Morgan fingerprint density at radius 2 is 1.84 bits per heavy atom. The standard InChI is InChI=1S/C33H28F2N6O2/c34-25-4-1-5-26(35)29(25)20-6-9-22(38-17-20)18-41(28-11-7-19-3-2-14-37-30(19)28)32(43)33(12-13-33)21-8-10-23-24(15-21)27(16-36)39-40-31(23)42/h1-6,8-10,14-15,17,28H,7,11-13,16,18,36H2,(H,40,42). The number of halogens is 2. The van der Waals surface area contributed by atoms with E-state index >= 15 is 0 Å². The second-order valence-corrected chi connectivity index (χ2v) is 11.2. The van der Waals surface area contributed by atoms with Gasteiger partial charge in [-0.3, -0.25) is 19.6 Å². The maximum Gasteiger partial charge on any atom is 0.272 e. The third kappa shape index (κ3) is 4.58. The Morgan fingerprint density at radius 3 is 2.56 bits per heavy atom. The van der Waals surface area contributed by atoms with Crippen LogP contribution in [-0.4, -0.2) is 31.0 Å². The fraction of sp³-hybridized carbons (Fsp3) is 0.242. The van der Waals surface area contributed by atoms with E-state index in [-0.39, 0.29) is 36.2 Å². The van der Waals surface area contributed by atoms with E-state index in [0.29, 0.717) is 40.6 Å². The predicted octanol–water partition coefficient (Wildman–Crippen LogP) is 4.86. The quantitative estimate of drug-likeness (QED) is 0.285. The highest BCUT2D eigenvalue weighted by Gasteiger charge is 2.54. The molecule has 0 saturated heterocycles. The highest BCUT2D eigenvalue weighted by molar-refractivity contribution is 5.94. The minimum atomic E-state index is -0.767. The average molecular weight is 579 g/mol. The molecule has 0 aliphatic heterocycles. The van der Waals surface area contributed by atoms with Gasteiger partial charge in [-0.25, -0.2) is 13.9 Å². The van der Waals surface area contributed by atoms with E-state index in [4.69, 9.17) is 5.73 Å². The van der Waals surface area contributed by atoms with Crippen LogP contribution in [0.15, 0.2) is 77.9 Å². The lowest BCUT2D eigenvalue weighted by Crippen LogP contribution is -2.41. The number of carbonyl (C=O) groups is 1. The minimum absolute atomic E-state index is 0.0477. The summed E-state index contributed by atoms with van der Waals surface area (Å²) >= 11 is 0. The summed E-state index contributed by atoms with van der Waals surface area (Å²) in [6, 6.07) is 16.2. The first-order valence-electron chi connectivity index (χ1n) is 14.3. The van der Waals surface area contributed by atoms with E-state index < -0.39 is 17.0 Å². The smallest absolute Gasteiger partial charge is 0.272 e. The Bertz CT molecular complexity index is 1920. The largest absolute Gasteiger partial charge is 0.327 e. The van der Waals surface area contributed by atoms with Crippen LogP contribution in [0, 0.1) is 11.6 Å². The number of amides is 1. The maximum absolute atomic E-state index is 14.6. The Kier molecular flexibility index (Phi) is 6.58. The molecule has 7 rings (SSSR count). The first-order chi connectivity index (χ1) is 20.9. The molecule has 1 unspecified atom stereocenters. The van der Waals surface area contributed by atoms with Crippen LogP contribution in [0.2, 0.25) is 0 Å². The summed E-state index contributed by atoms with van der Waals surface area (Å²) in [5.74, 6) is -1.38. The monoisotopic (exact) mass is 578 g/mol. The topological polar surface area (TPSA) is 118 Å². The average Bonchev–Trinajstić information content (AvgIpc) is 3.73. The molecule has 3 heterocycles. The van der Waals surface area contributed by atoms with E-state index in [9.17, 15) is 18.4 Å². The molecule has 5 aromatic rings. The molecule has 3 N–H and O–H groups in total. The van der Waals surface area contributed by atoms with Crippen molar-refractivity contribution in [2.24, 2.45) is 5.73 Å². The molecule has 1 saturated carbocycles. The SMILES string of the molecule is NCc1n[nH]c(=O)c2ccc(C3(C(=O)N(Cc4ccc(-c5c(F)cccc5F)cn4)C4CCc5cccnc54)CC3)cc12. The molecule has 1 atom stereocenters. The summed E-state index contributed by atoms with van der Waals surface area (Å²) < 4.78 is 28.8. The second-order valence-electron chi connectivity index (χ2n) is 11.2. The first-order valence-corrected chi connectivity index (χ1v) is 14.3. The van der Waals surface area contributed by atoms with Crippen molar-refractivity contribution in [3.8, 4) is 11.1 Å². The first kappa shape index (κ1) is 27.0. The van der Waals surface area contributed by atoms with Crippen LogP contribution in [0.5, 0.6) is 0 Å². The molecule has 0 spiro atoms.